The summed E-state index contributed by atoms with van der Waals surface area (Å²) >= 11 is 0. The molecular formula is C15H21NO2. The maximum atomic E-state index is 11.0. The average Bonchev–Trinajstić information content (AvgIpc) is 2.38. The first-order chi connectivity index (χ1) is 8.59. The van der Waals surface area contributed by atoms with Crippen molar-refractivity contribution < 1.29 is 9.90 Å². The fourth-order valence-corrected chi connectivity index (χ4v) is 2.92. The highest BCUT2D eigenvalue weighted by Gasteiger charge is 2.25. The molecule has 1 aromatic rings. The summed E-state index contributed by atoms with van der Waals surface area (Å²) in [5, 5.41) is 9.03. The van der Waals surface area contributed by atoms with Gasteiger partial charge in [-0.3, -0.25) is 0 Å². The number of benzene rings is 1. The number of carboxylic acid groups (broad SMARTS) is 1. The smallest absolute Gasteiger partial charge is 0.335 e. The summed E-state index contributed by atoms with van der Waals surface area (Å²) in [6.07, 6.45) is 5.07. The van der Waals surface area contributed by atoms with Gasteiger partial charge in [-0.05, 0) is 37.0 Å². The van der Waals surface area contributed by atoms with Gasteiger partial charge < -0.3 is 10.0 Å². The topological polar surface area (TPSA) is 40.5 Å². The number of anilines is 1. The standard InChI is InChI=1S/C15H21NO2/c1-11-6-3-4-9-14(11)16(2)13-8-5-7-12(10-13)15(17)18/h5,7-8,10-11,14H,3-4,6,9H2,1-2H3,(H,17,18). The normalized spacial score (nSPS) is 23.7. The van der Waals surface area contributed by atoms with Crippen molar-refractivity contribution in [1.82, 2.24) is 0 Å². The lowest BCUT2D eigenvalue weighted by atomic mass is 9.85. The summed E-state index contributed by atoms with van der Waals surface area (Å²) in [5.41, 5.74) is 1.37. The van der Waals surface area contributed by atoms with Gasteiger partial charge in [0, 0.05) is 18.8 Å². The molecule has 2 atom stereocenters. The van der Waals surface area contributed by atoms with Crippen LogP contribution in [0.1, 0.15) is 43.0 Å². The number of hydrogen-bond donors (Lipinski definition) is 1. The minimum atomic E-state index is -0.859. The number of nitrogens with zero attached hydrogens (tertiary/aromatic N) is 1. The number of hydrogen-bond acceptors (Lipinski definition) is 2. The molecule has 0 aromatic heterocycles. The molecule has 0 amide bonds. The Balaban J connectivity index is 2.19. The predicted molar refractivity (Wildman–Crippen MR) is 73.2 cm³/mol. The lowest BCUT2D eigenvalue weighted by Crippen LogP contribution is -2.39. The summed E-state index contributed by atoms with van der Waals surface area (Å²) in [7, 11) is 2.08. The number of aromatic carboxylic acids is 1. The first-order valence-corrected chi connectivity index (χ1v) is 6.66. The Hall–Kier alpha value is -1.51. The Labute approximate surface area is 108 Å². The van der Waals surface area contributed by atoms with Gasteiger partial charge in [0.1, 0.15) is 0 Å². The van der Waals surface area contributed by atoms with Gasteiger partial charge in [-0.15, -0.1) is 0 Å². The third-order valence-corrected chi connectivity index (χ3v) is 4.06. The van der Waals surface area contributed by atoms with Gasteiger partial charge in [-0.2, -0.15) is 0 Å². The Morgan fingerprint density at radius 1 is 1.33 bits per heavy atom. The Kier molecular flexibility index (Phi) is 3.90. The van der Waals surface area contributed by atoms with E-state index in [9.17, 15) is 4.79 Å². The summed E-state index contributed by atoms with van der Waals surface area (Å²) < 4.78 is 0. The maximum Gasteiger partial charge on any atom is 0.335 e. The fourth-order valence-electron chi connectivity index (χ4n) is 2.92. The molecule has 1 aliphatic rings. The molecule has 0 bridgehead atoms. The fraction of sp³-hybridized carbons (Fsp3) is 0.533. The number of carboxylic acids is 1. The lowest BCUT2D eigenvalue weighted by molar-refractivity contribution is 0.0697. The van der Waals surface area contributed by atoms with Crippen LogP contribution in [0.4, 0.5) is 5.69 Å². The molecule has 0 radical (unpaired) electrons. The molecule has 0 aliphatic heterocycles. The van der Waals surface area contributed by atoms with Crippen LogP contribution in [0.3, 0.4) is 0 Å². The van der Waals surface area contributed by atoms with E-state index in [0.717, 1.165) is 5.69 Å². The summed E-state index contributed by atoms with van der Waals surface area (Å²) in [6, 6.07) is 7.76. The second-order valence-corrected chi connectivity index (χ2v) is 5.30. The predicted octanol–water partition coefficient (Wildman–Crippen LogP) is 3.40. The van der Waals surface area contributed by atoms with Crippen molar-refractivity contribution in [2.45, 2.75) is 38.6 Å². The van der Waals surface area contributed by atoms with Crippen LogP contribution < -0.4 is 4.90 Å². The van der Waals surface area contributed by atoms with E-state index in [2.05, 4.69) is 18.9 Å². The van der Waals surface area contributed by atoms with Gasteiger partial charge in [0.05, 0.1) is 5.56 Å². The molecule has 1 aromatic carbocycles. The molecule has 2 unspecified atom stereocenters. The molecule has 3 nitrogen and oxygen atoms in total. The van der Waals surface area contributed by atoms with Gasteiger partial charge in [0.25, 0.3) is 0 Å². The maximum absolute atomic E-state index is 11.0. The highest BCUT2D eigenvalue weighted by molar-refractivity contribution is 5.88. The van der Waals surface area contributed by atoms with Crippen LogP contribution in [0, 0.1) is 5.92 Å². The van der Waals surface area contributed by atoms with Crippen LogP contribution in [0.2, 0.25) is 0 Å². The van der Waals surface area contributed by atoms with Crippen LogP contribution >= 0.6 is 0 Å². The van der Waals surface area contributed by atoms with Gasteiger partial charge >= 0.3 is 5.97 Å². The van der Waals surface area contributed by atoms with Crippen molar-refractivity contribution in [2.75, 3.05) is 11.9 Å². The second kappa shape index (κ2) is 5.42. The number of rotatable bonds is 3. The molecule has 1 fully saturated rings. The summed E-state index contributed by atoms with van der Waals surface area (Å²) in [4.78, 5) is 13.2. The lowest BCUT2D eigenvalue weighted by Gasteiger charge is -2.37. The van der Waals surface area contributed by atoms with E-state index in [4.69, 9.17) is 5.11 Å². The number of carbonyl (C=O) groups is 1. The van der Waals surface area contributed by atoms with E-state index in [1.54, 1.807) is 12.1 Å². The van der Waals surface area contributed by atoms with Crippen molar-refractivity contribution >= 4 is 11.7 Å². The monoisotopic (exact) mass is 247 g/mol. The van der Waals surface area contributed by atoms with Crippen molar-refractivity contribution in [1.29, 1.82) is 0 Å². The van der Waals surface area contributed by atoms with Gasteiger partial charge in [0.2, 0.25) is 0 Å². The minimum Gasteiger partial charge on any atom is -0.478 e. The highest BCUT2D eigenvalue weighted by atomic mass is 16.4. The quantitative estimate of drug-likeness (QED) is 0.890. The zero-order valence-electron chi connectivity index (χ0n) is 11.1. The van der Waals surface area contributed by atoms with Crippen molar-refractivity contribution in [3.8, 4) is 0 Å². The van der Waals surface area contributed by atoms with Gasteiger partial charge in [-0.1, -0.05) is 25.8 Å². The van der Waals surface area contributed by atoms with E-state index >= 15 is 0 Å². The van der Waals surface area contributed by atoms with Crippen molar-refractivity contribution in [3.63, 3.8) is 0 Å². The average molecular weight is 247 g/mol. The van der Waals surface area contributed by atoms with E-state index in [1.165, 1.54) is 25.7 Å². The first kappa shape index (κ1) is 12.9. The van der Waals surface area contributed by atoms with Crippen LogP contribution in [-0.2, 0) is 0 Å². The summed E-state index contributed by atoms with van der Waals surface area (Å²) in [6.45, 7) is 2.29. The Morgan fingerprint density at radius 3 is 2.72 bits per heavy atom. The molecule has 0 spiro atoms. The van der Waals surface area contributed by atoms with Crippen LogP contribution in [0.25, 0.3) is 0 Å². The molecule has 0 heterocycles. The molecule has 1 N–H and O–H groups in total. The summed E-state index contributed by atoms with van der Waals surface area (Å²) in [5.74, 6) is -0.181. The Bertz CT molecular complexity index is 430. The van der Waals surface area contributed by atoms with E-state index in [1.807, 2.05) is 12.1 Å². The van der Waals surface area contributed by atoms with Crippen molar-refractivity contribution in [3.05, 3.63) is 29.8 Å². The molecule has 3 heteroatoms. The van der Waals surface area contributed by atoms with E-state index in [-0.39, 0.29) is 0 Å². The molecular weight excluding hydrogens is 226 g/mol. The van der Waals surface area contributed by atoms with E-state index in [0.29, 0.717) is 17.5 Å². The largest absolute Gasteiger partial charge is 0.478 e. The first-order valence-electron chi connectivity index (χ1n) is 6.66. The van der Waals surface area contributed by atoms with Gasteiger partial charge in [0.15, 0.2) is 0 Å². The third-order valence-electron chi connectivity index (χ3n) is 4.06. The van der Waals surface area contributed by atoms with Crippen LogP contribution in [0.5, 0.6) is 0 Å². The molecule has 0 saturated heterocycles. The van der Waals surface area contributed by atoms with Crippen molar-refractivity contribution in [2.24, 2.45) is 5.92 Å². The molecule has 1 aliphatic carbocycles. The zero-order chi connectivity index (χ0) is 13.1. The molecule has 98 valence electrons. The Morgan fingerprint density at radius 2 is 2.06 bits per heavy atom. The molecule has 1 saturated carbocycles. The highest BCUT2D eigenvalue weighted by Crippen LogP contribution is 2.30. The third kappa shape index (κ3) is 2.66. The van der Waals surface area contributed by atoms with Crippen LogP contribution in [-0.4, -0.2) is 24.2 Å². The second-order valence-electron chi connectivity index (χ2n) is 5.30. The van der Waals surface area contributed by atoms with Crippen LogP contribution in [0.15, 0.2) is 24.3 Å². The minimum absolute atomic E-state index is 0.364. The zero-order valence-corrected chi connectivity index (χ0v) is 11.1. The molecule has 2 rings (SSSR count). The van der Waals surface area contributed by atoms with Gasteiger partial charge in [-0.25, -0.2) is 4.79 Å². The molecule has 18 heavy (non-hydrogen) atoms. The van der Waals surface area contributed by atoms with E-state index < -0.39 is 5.97 Å². The SMILES string of the molecule is CC1CCCCC1N(C)c1cccc(C(=O)O)c1.